The van der Waals surface area contributed by atoms with Gasteiger partial charge in [-0.3, -0.25) is 4.79 Å². The molecule has 0 aliphatic carbocycles. The van der Waals surface area contributed by atoms with Gasteiger partial charge in [-0.25, -0.2) is 0 Å². The predicted molar refractivity (Wildman–Crippen MR) is 98.3 cm³/mol. The lowest BCUT2D eigenvalue weighted by Crippen LogP contribution is -2.36. The number of aliphatic hydroxyl groups excluding tert-OH is 1. The Hall–Kier alpha value is -1.78. The van der Waals surface area contributed by atoms with Crippen molar-refractivity contribution in [3.63, 3.8) is 0 Å². The molecular formula is C20H23NO2S. The van der Waals surface area contributed by atoms with E-state index in [-0.39, 0.29) is 11.9 Å². The summed E-state index contributed by atoms with van der Waals surface area (Å²) in [7, 11) is 0. The summed E-state index contributed by atoms with van der Waals surface area (Å²) in [5.74, 6) is 0.0745. The number of hydrogen-bond acceptors (Lipinski definition) is 3. The number of carbonyl (C=O) groups excluding carboxylic acids is 1. The average Bonchev–Trinajstić information content (AvgIpc) is 3.10. The predicted octanol–water partition coefficient (Wildman–Crippen LogP) is 4.14. The molecule has 126 valence electrons. The van der Waals surface area contributed by atoms with Crippen LogP contribution in [-0.2, 0) is 0 Å². The highest BCUT2D eigenvalue weighted by atomic mass is 32.2. The Morgan fingerprint density at radius 1 is 1.21 bits per heavy atom. The molecule has 1 aliphatic heterocycles. The molecule has 1 fully saturated rings. The number of carbonyl (C=O) groups is 1. The highest BCUT2D eigenvalue weighted by Crippen LogP contribution is 2.29. The van der Waals surface area contributed by atoms with E-state index in [1.807, 2.05) is 65.8 Å². The van der Waals surface area contributed by atoms with Crippen LogP contribution in [0, 0.1) is 0 Å². The summed E-state index contributed by atoms with van der Waals surface area (Å²) in [6, 6.07) is 17.6. The lowest BCUT2D eigenvalue weighted by molar-refractivity contribution is 0.0667. The third-order valence-corrected chi connectivity index (χ3v) is 5.40. The second-order valence-electron chi connectivity index (χ2n) is 6.19. The fourth-order valence-corrected chi connectivity index (χ4v) is 3.72. The molecule has 1 saturated heterocycles. The van der Waals surface area contributed by atoms with Crippen LogP contribution < -0.4 is 0 Å². The van der Waals surface area contributed by atoms with E-state index in [1.165, 1.54) is 0 Å². The molecular weight excluding hydrogens is 318 g/mol. The van der Waals surface area contributed by atoms with Crippen molar-refractivity contribution in [1.82, 2.24) is 4.90 Å². The summed E-state index contributed by atoms with van der Waals surface area (Å²) in [4.78, 5) is 15.9. The first kappa shape index (κ1) is 17.1. The molecule has 0 bridgehead atoms. The number of thioether (sulfide) groups is 1. The van der Waals surface area contributed by atoms with Crippen molar-refractivity contribution < 1.29 is 9.90 Å². The highest BCUT2D eigenvalue weighted by Gasteiger charge is 2.31. The molecule has 1 aliphatic rings. The highest BCUT2D eigenvalue weighted by molar-refractivity contribution is 7.98. The van der Waals surface area contributed by atoms with Crippen LogP contribution in [0.15, 0.2) is 59.5 Å². The Bertz CT molecular complexity index is 672. The van der Waals surface area contributed by atoms with Gasteiger partial charge in [0, 0.05) is 23.0 Å². The smallest absolute Gasteiger partial charge is 0.254 e. The number of nitrogens with zero attached hydrogens (tertiary/aromatic N) is 1. The van der Waals surface area contributed by atoms with Crippen LogP contribution in [-0.4, -0.2) is 34.8 Å². The van der Waals surface area contributed by atoms with Gasteiger partial charge in [0.1, 0.15) is 0 Å². The van der Waals surface area contributed by atoms with E-state index >= 15 is 0 Å². The van der Waals surface area contributed by atoms with E-state index in [4.69, 9.17) is 0 Å². The summed E-state index contributed by atoms with van der Waals surface area (Å²) in [5.41, 5.74) is 1.65. The van der Waals surface area contributed by atoms with Gasteiger partial charge in [-0.05, 0) is 55.3 Å². The van der Waals surface area contributed by atoms with Crippen molar-refractivity contribution in [3.05, 3.63) is 65.7 Å². The Morgan fingerprint density at radius 2 is 1.92 bits per heavy atom. The Kier molecular flexibility index (Phi) is 5.59. The van der Waals surface area contributed by atoms with Crippen LogP contribution in [0.3, 0.4) is 0 Å². The van der Waals surface area contributed by atoms with Gasteiger partial charge in [-0.2, -0.15) is 0 Å². The van der Waals surface area contributed by atoms with Crippen molar-refractivity contribution >= 4 is 17.7 Å². The van der Waals surface area contributed by atoms with Gasteiger partial charge in [0.05, 0.1) is 6.10 Å². The van der Waals surface area contributed by atoms with Gasteiger partial charge >= 0.3 is 0 Å². The molecule has 0 radical (unpaired) electrons. The Morgan fingerprint density at radius 3 is 2.58 bits per heavy atom. The largest absolute Gasteiger partial charge is 0.388 e. The number of benzene rings is 2. The van der Waals surface area contributed by atoms with Crippen LogP contribution in [0.4, 0.5) is 0 Å². The molecule has 3 nitrogen and oxygen atoms in total. The van der Waals surface area contributed by atoms with Crippen LogP contribution >= 0.6 is 11.8 Å². The maximum atomic E-state index is 12.8. The number of amides is 1. The molecule has 24 heavy (non-hydrogen) atoms. The van der Waals surface area contributed by atoms with Crippen LogP contribution in [0.5, 0.6) is 0 Å². The summed E-state index contributed by atoms with van der Waals surface area (Å²) in [6.07, 6.45) is 4.06. The maximum absolute atomic E-state index is 12.8. The first-order valence-electron chi connectivity index (χ1n) is 8.37. The molecule has 2 unspecified atom stereocenters. The van der Waals surface area contributed by atoms with Gasteiger partial charge in [0.15, 0.2) is 0 Å². The normalized spacial score (nSPS) is 18.6. The van der Waals surface area contributed by atoms with Crippen molar-refractivity contribution in [2.24, 2.45) is 0 Å². The van der Waals surface area contributed by atoms with Crippen LogP contribution in [0.1, 0.15) is 41.3 Å². The van der Waals surface area contributed by atoms with Gasteiger partial charge in [0.2, 0.25) is 0 Å². The van der Waals surface area contributed by atoms with E-state index in [0.29, 0.717) is 6.42 Å². The lowest BCUT2D eigenvalue weighted by Gasteiger charge is -2.27. The average molecular weight is 341 g/mol. The quantitative estimate of drug-likeness (QED) is 0.831. The maximum Gasteiger partial charge on any atom is 0.254 e. The first-order valence-corrected chi connectivity index (χ1v) is 9.59. The molecule has 1 amide bonds. The lowest BCUT2D eigenvalue weighted by atomic mass is 10.00. The van der Waals surface area contributed by atoms with Crippen molar-refractivity contribution in [1.29, 1.82) is 0 Å². The van der Waals surface area contributed by atoms with Gasteiger partial charge < -0.3 is 10.0 Å². The van der Waals surface area contributed by atoms with Crippen LogP contribution in [0.2, 0.25) is 0 Å². The zero-order chi connectivity index (χ0) is 16.9. The number of rotatable bonds is 5. The second kappa shape index (κ2) is 7.86. The summed E-state index contributed by atoms with van der Waals surface area (Å²) < 4.78 is 0. The Balaban J connectivity index is 1.69. The summed E-state index contributed by atoms with van der Waals surface area (Å²) >= 11 is 1.67. The zero-order valence-corrected chi connectivity index (χ0v) is 14.7. The molecule has 3 rings (SSSR count). The van der Waals surface area contributed by atoms with Crippen molar-refractivity contribution in [2.75, 3.05) is 12.8 Å². The molecule has 0 saturated carbocycles. The topological polar surface area (TPSA) is 40.5 Å². The SMILES string of the molecule is CSc1ccc(C(=O)N2CCCC2CC(O)c2ccccc2)cc1. The van der Waals surface area contributed by atoms with Crippen molar-refractivity contribution in [2.45, 2.75) is 36.3 Å². The van der Waals surface area contributed by atoms with E-state index in [1.54, 1.807) is 11.8 Å². The monoisotopic (exact) mass is 341 g/mol. The fraction of sp³-hybridized carbons (Fsp3) is 0.350. The molecule has 0 spiro atoms. The zero-order valence-electron chi connectivity index (χ0n) is 13.9. The number of likely N-dealkylation sites (tertiary alicyclic amines) is 1. The molecule has 4 heteroatoms. The second-order valence-corrected chi connectivity index (χ2v) is 7.06. The summed E-state index contributed by atoms with van der Waals surface area (Å²) in [6.45, 7) is 0.773. The van der Waals surface area contributed by atoms with Gasteiger partial charge in [-0.15, -0.1) is 11.8 Å². The molecule has 2 atom stereocenters. The summed E-state index contributed by atoms with van der Waals surface area (Å²) in [5, 5.41) is 10.5. The van der Waals surface area contributed by atoms with Gasteiger partial charge in [-0.1, -0.05) is 30.3 Å². The molecule has 2 aromatic carbocycles. The van der Waals surface area contributed by atoms with Gasteiger partial charge in [0.25, 0.3) is 5.91 Å². The van der Waals surface area contributed by atoms with Crippen molar-refractivity contribution in [3.8, 4) is 0 Å². The molecule has 0 aromatic heterocycles. The molecule has 1 N–H and O–H groups in total. The standard InChI is InChI=1S/C20H23NO2S/c1-24-18-11-9-16(10-12-18)20(23)21-13-5-8-17(21)14-19(22)15-6-3-2-4-7-15/h2-4,6-7,9-12,17,19,22H,5,8,13-14H2,1H3. The van der Waals surface area contributed by atoms with E-state index in [0.717, 1.165) is 35.4 Å². The van der Waals surface area contributed by atoms with Crippen LogP contribution in [0.25, 0.3) is 0 Å². The third kappa shape index (κ3) is 3.82. The fourth-order valence-electron chi connectivity index (χ4n) is 3.32. The minimum Gasteiger partial charge on any atom is -0.388 e. The van der Waals surface area contributed by atoms with E-state index in [9.17, 15) is 9.90 Å². The minimum absolute atomic E-state index is 0.0745. The number of hydrogen-bond donors (Lipinski definition) is 1. The first-order chi connectivity index (χ1) is 11.7. The minimum atomic E-state index is -0.525. The van der Waals surface area contributed by atoms with E-state index in [2.05, 4.69) is 0 Å². The van der Waals surface area contributed by atoms with E-state index < -0.39 is 6.10 Å². The third-order valence-electron chi connectivity index (χ3n) is 4.65. The Labute approximate surface area is 147 Å². The molecule has 2 aromatic rings. The number of aliphatic hydroxyl groups is 1. The molecule has 1 heterocycles.